The molecule has 0 saturated heterocycles. The van der Waals surface area contributed by atoms with E-state index in [1.54, 1.807) is 0 Å². The number of carbonyl (C=O) groups excluding carboxylic acids is 2. The minimum atomic E-state index is -3.76. The summed E-state index contributed by atoms with van der Waals surface area (Å²) >= 11 is 5.83. The van der Waals surface area contributed by atoms with Gasteiger partial charge in [0.15, 0.2) is 5.82 Å². The van der Waals surface area contributed by atoms with E-state index in [1.165, 1.54) is 0 Å². The van der Waals surface area contributed by atoms with Crippen molar-refractivity contribution in [3.05, 3.63) is 34.1 Å². The van der Waals surface area contributed by atoms with E-state index in [9.17, 15) is 22.4 Å². The average Bonchev–Trinajstić information content (AvgIpc) is 2.65. The number of sulfonamides is 1. The third-order valence-electron chi connectivity index (χ3n) is 5.27. The maximum absolute atomic E-state index is 14.3. The Balaban J connectivity index is 1.70. The summed E-state index contributed by atoms with van der Waals surface area (Å²) in [6.45, 7) is 0. The van der Waals surface area contributed by atoms with Crippen LogP contribution in [0.25, 0.3) is 0 Å². The number of amides is 2. The number of rotatable bonds is 6. The van der Waals surface area contributed by atoms with Crippen LogP contribution < -0.4 is 15.6 Å². The summed E-state index contributed by atoms with van der Waals surface area (Å²) in [5, 5.41) is 1.81. The fourth-order valence-corrected chi connectivity index (χ4v) is 4.93. The molecule has 0 aliphatic heterocycles. The summed E-state index contributed by atoms with van der Waals surface area (Å²) in [4.78, 5) is 26.7. The second kappa shape index (κ2) is 8.75. The number of halogens is 2. The molecular weight excluding hydrogens is 409 g/mol. The molecule has 0 unspecified atom stereocenters. The third-order valence-corrected chi connectivity index (χ3v) is 7.28. The molecule has 0 bridgehead atoms. The summed E-state index contributed by atoms with van der Waals surface area (Å²) in [5.74, 6) is -2.49. The largest absolute Gasteiger partial charge is 0.349 e. The van der Waals surface area contributed by atoms with Crippen LogP contribution in [0.1, 0.15) is 72.1 Å². The highest BCUT2D eigenvalue weighted by molar-refractivity contribution is 7.90. The first-order valence-electron chi connectivity index (χ1n) is 9.39. The predicted molar refractivity (Wildman–Crippen MR) is 103 cm³/mol. The van der Waals surface area contributed by atoms with Gasteiger partial charge in [-0.3, -0.25) is 15.0 Å². The van der Waals surface area contributed by atoms with Crippen molar-refractivity contribution in [1.82, 2.24) is 15.6 Å². The Hall–Kier alpha value is -1.71. The van der Waals surface area contributed by atoms with Gasteiger partial charge in [-0.2, -0.15) is 0 Å². The molecule has 2 saturated carbocycles. The van der Waals surface area contributed by atoms with Gasteiger partial charge in [0.1, 0.15) is 0 Å². The Morgan fingerprint density at radius 3 is 2.29 bits per heavy atom. The van der Waals surface area contributed by atoms with Crippen LogP contribution in [-0.4, -0.2) is 31.5 Å². The van der Waals surface area contributed by atoms with Crippen molar-refractivity contribution in [3.8, 4) is 0 Å². The zero-order chi connectivity index (χ0) is 20.3. The van der Waals surface area contributed by atoms with Gasteiger partial charge in [-0.1, -0.05) is 30.9 Å². The molecule has 28 heavy (non-hydrogen) atoms. The van der Waals surface area contributed by atoms with Gasteiger partial charge in [0, 0.05) is 11.6 Å². The number of hydrogen-bond acceptors (Lipinski definition) is 4. The maximum Gasteiger partial charge on any atom is 0.269 e. The molecule has 2 fully saturated rings. The van der Waals surface area contributed by atoms with Gasteiger partial charge >= 0.3 is 0 Å². The van der Waals surface area contributed by atoms with E-state index in [0.29, 0.717) is 12.8 Å². The minimum absolute atomic E-state index is 0.0404. The molecule has 1 aromatic carbocycles. The van der Waals surface area contributed by atoms with Crippen LogP contribution in [0, 0.1) is 5.82 Å². The SMILES string of the molecule is O=C(NC1CCC1)c1cc(Cl)c(F)c(C(=O)NNS(=O)(=O)C2CCCCC2)c1. The fourth-order valence-electron chi connectivity index (χ4n) is 3.35. The van der Waals surface area contributed by atoms with Gasteiger partial charge in [0.25, 0.3) is 11.8 Å². The van der Waals surface area contributed by atoms with Crippen molar-refractivity contribution >= 4 is 33.4 Å². The van der Waals surface area contributed by atoms with Crippen molar-refractivity contribution in [2.24, 2.45) is 0 Å². The number of hydrogen-bond donors (Lipinski definition) is 3. The maximum atomic E-state index is 14.3. The molecule has 0 heterocycles. The molecule has 2 aliphatic carbocycles. The molecular formula is C18H23ClFN3O4S. The summed E-state index contributed by atoms with van der Waals surface area (Å²) < 4.78 is 38.9. The molecule has 154 valence electrons. The quantitative estimate of drug-likeness (QED) is 0.602. The molecule has 0 atom stereocenters. The first kappa shape index (κ1) is 21.0. The molecule has 3 N–H and O–H groups in total. The van der Waals surface area contributed by atoms with Crippen molar-refractivity contribution in [1.29, 1.82) is 0 Å². The molecule has 7 nitrogen and oxygen atoms in total. The Kier molecular flexibility index (Phi) is 6.57. The lowest BCUT2D eigenvalue weighted by Gasteiger charge is -2.26. The summed E-state index contributed by atoms with van der Waals surface area (Å²) in [5.41, 5.74) is 1.56. The zero-order valence-corrected chi connectivity index (χ0v) is 16.8. The highest BCUT2D eigenvalue weighted by Crippen LogP contribution is 2.24. The Bertz CT molecular complexity index is 868. The summed E-state index contributed by atoms with van der Waals surface area (Å²) in [6, 6.07) is 2.28. The second-order valence-electron chi connectivity index (χ2n) is 7.28. The molecule has 0 aromatic heterocycles. The fraction of sp³-hybridized carbons (Fsp3) is 0.556. The van der Waals surface area contributed by atoms with Crippen LogP contribution in [0.2, 0.25) is 5.02 Å². The standard InChI is InChI=1S/C18H23ClFN3O4S/c19-15-10-11(17(24)21-12-5-4-6-12)9-14(16(15)20)18(25)22-23-28(26,27)13-7-2-1-3-8-13/h9-10,12-13,23H,1-8H2,(H,21,24)(H,22,25). The normalized spacial score (nSPS) is 18.4. The lowest BCUT2D eigenvalue weighted by molar-refractivity contribution is 0.0917. The first-order chi connectivity index (χ1) is 13.3. The van der Waals surface area contributed by atoms with Crippen LogP contribution in [0.5, 0.6) is 0 Å². The van der Waals surface area contributed by atoms with Crippen molar-refractivity contribution < 1.29 is 22.4 Å². The van der Waals surface area contributed by atoms with Crippen LogP contribution in [0.3, 0.4) is 0 Å². The van der Waals surface area contributed by atoms with E-state index in [0.717, 1.165) is 50.7 Å². The van der Waals surface area contributed by atoms with Gasteiger partial charge < -0.3 is 5.32 Å². The summed E-state index contributed by atoms with van der Waals surface area (Å²) in [7, 11) is -3.76. The van der Waals surface area contributed by atoms with Crippen LogP contribution in [-0.2, 0) is 10.0 Å². The Labute approximate surface area is 168 Å². The lowest BCUT2D eigenvalue weighted by atomic mass is 9.93. The van der Waals surface area contributed by atoms with Crippen molar-refractivity contribution in [2.75, 3.05) is 0 Å². The van der Waals surface area contributed by atoms with E-state index < -0.39 is 38.5 Å². The molecule has 0 radical (unpaired) electrons. The topological polar surface area (TPSA) is 104 Å². The van der Waals surface area contributed by atoms with Crippen LogP contribution in [0.4, 0.5) is 4.39 Å². The van der Waals surface area contributed by atoms with E-state index in [4.69, 9.17) is 11.6 Å². The molecule has 0 spiro atoms. The third kappa shape index (κ3) is 4.82. The molecule has 2 amide bonds. The van der Waals surface area contributed by atoms with E-state index in [1.807, 2.05) is 10.3 Å². The van der Waals surface area contributed by atoms with Gasteiger partial charge in [-0.05, 0) is 44.2 Å². The predicted octanol–water partition coefficient (Wildman–Crippen LogP) is 2.66. The van der Waals surface area contributed by atoms with Crippen LogP contribution in [0.15, 0.2) is 12.1 Å². The number of nitrogens with one attached hydrogen (secondary N) is 3. The number of benzene rings is 1. The average molecular weight is 432 g/mol. The Morgan fingerprint density at radius 1 is 1.00 bits per heavy atom. The van der Waals surface area contributed by atoms with E-state index >= 15 is 0 Å². The van der Waals surface area contributed by atoms with Gasteiger partial charge in [0.05, 0.1) is 15.8 Å². The van der Waals surface area contributed by atoms with E-state index in [-0.39, 0.29) is 16.6 Å². The summed E-state index contributed by atoms with van der Waals surface area (Å²) in [6.07, 6.45) is 6.41. The highest BCUT2D eigenvalue weighted by atomic mass is 35.5. The Morgan fingerprint density at radius 2 is 1.68 bits per heavy atom. The van der Waals surface area contributed by atoms with Gasteiger partial charge in [0.2, 0.25) is 10.0 Å². The van der Waals surface area contributed by atoms with Crippen molar-refractivity contribution in [3.63, 3.8) is 0 Å². The molecule has 3 rings (SSSR count). The molecule has 10 heteroatoms. The first-order valence-corrected chi connectivity index (χ1v) is 11.3. The zero-order valence-electron chi connectivity index (χ0n) is 15.3. The van der Waals surface area contributed by atoms with E-state index in [2.05, 4.69) is 5.32 Å². The smallest absolute Gasteiger partial charge is 0.269 e. The van der Waals surface area contributed by atoms with Crippen LogP contribution >= 0.6 is 11.6 Å². The van der Waals surface area contributed by atoms with Crippen molar-refractivity contribution in [2.45, 2.75) is 62.7 Å². The number of carbonyl (C=O) groups is 2. The molecule has 1 aromatic rings. The molecule has 2 aliphatic rings. The van der Waals surface area contributed by atoms with Gasteiger partial charge in [-0.15, -0.1) is 4.83 Å². The minimum Gasteiger partial charge on any atom is -0.349 e. The highest BCUT2D eigenvalue weighted by Gasteiger charge is 2.28. The van der Waals surface area contributed by atoms with Gasteiger partial charge in [-0.25, -0.2) is 12.8 Å². The second-order valence-corrected chi connectivity index (χ2v) is 9.65. The lowest BCUT2D eigenvalue weighted by Crippen LogP contribution is -2.46. The number of hydrazine groups is 1. The monoisotopic (exact) mass is 431 g/mol.